The Kier molecular flexibility index (Phi) is 2.45. The first kappa shape index (κ1) is 9.76. The molecule has 15 heavy (non-hydrogen) atoms. The highest BCUT2D eigenvalue weighted by Gasteiger charge is 2.07. The van der Waals surface area contributed by atoms with Crippen molar-refractivity contribution in [3.8, 4) is 11.3 Å². The van der Waals surface area contributed by atoms with Gasteiger partial charge in [0.1, 0.15) is 5.69 Å². The first-order chi connectivity index (χ1) is 7.16. The van der Waals surface area contributed by atoms with Gasteiger partial charge in [-0.1, -0.05) is 29.5 Å². The Bertz CT molecular complexity index is 448. The van der Waals surface area contributed by atoms with Crippen molar-refractivity contribution in [3.63, 3.8) is 0 Å². The lowest BCUT2D eigenvalue weighted by molar-refractivity contribution is 0.151. The lowest BCUT2D eigenvalue weighted by Gasteiger charge is -1.99. The summed E-state index contributed by atoms with van der Waals surface area (Å²) in [5, 5.41) is 7.66. The molecule has 0 aliphatic heterocycles. The Balaban J connectivity index is 2.31. The molecule has 0 spiro atoms. The van der Waals surface area contributed by atoms with Crippen LogP contribution in [0.15, 0.2) is 30.5 Å². The van der Waals surface area contributed by atoms with E-state index in [1.807, 2.05) is 0 Å². The average Bonchev–Trinajstić information content (AvgIpc) is 2.65. The molecule has 1 heterocycles. The van der Waals surface area contributed by atoms with Crippen LogP contribution >= 0.6 is 0 Å². The zero-order chi connectivity index (χ0) is 10.8. The highest BCUT2D eigenvalue weighted by molar-refractivity contribution is 5.57. The third-order valence-electron chi connectivity index (χ3n) is 2.06. The molecule has 0 N–H and O–H groups in total. The molecule has 0 amide bonds. The van der Waals surface area contributed by atoms with Gasteiger partial charge in [0.15, 0.2) is 0 Å². The number of aryl methyl sites for hydroxylation is 1. The van der Waals surface area contributed by atoms with Crippen LogP contribution < -0.4 is 0 Å². The van der Waals surface area contributed by atoms with Crippen LogP contribution in [0.3, 0.4) is 0 Å². The van der Waals surface area contributed by atoms with Gasteiger partial charge in [-0.25, -0.2) is 8.78 Å². The van der Waals surface area contributed by atoms with E-state index in [4.69, 9.17) is 0 Å². The average molecular weight is 209 g/mol. The first-order valence-electron chi connectivity index (χ1n) is 4.41. The maximum absolute atomic E-state index is 12.3. The Morgan fingerprint density at radius 1 is 1.20 bits per heavy atom. The van der Waals surface area contributed by atoms with Gasteiger partial charge in [-0.15, -0.1) is 5.10 Å². The zero-order valence-corrected chi connectivity index (χ0v) is 8.06. The van der Waals surface area contributed by atoms with Gasteiger partial charge in [-0.2, -0.15) is 0 Å². The molecule has 0 aliphatic rings. The van der Waals surface area contributed by atoms with Crippen LogP contribution in [0.1, 0.15) is 12.0 Å². The fourth-order valence-electron chi connectivity index (χ4n) is 1.28. The van der Waals surface area contributed by atoms with E-state index >= 15 is 0 Å². The molecular weight excluding hydrogens is 200 g/mol. The van der Waals surface area contributed by atoms with E-state index in [1.165, 1.54) is 12.1 Å². The molecule has 0 fully saturated rings. The third kappa shape index (κ3) is 2.01. The highest BCUT2D eigenvalue weighted by atomic mass is 19.3. The minimum absolute atomic E-state index is 0.0163. The quantitative estimate of drug-likeness (QED) is 0.760. The van der Waals surface area contributed by atoms with Crippen molar-refractivity contribution in [2.45, 2.75) is 6.43 Å². The monoisotopic (exact) mass is 209 g/mol. The second-order valence-electron chi connectivity index (χ2n) is 3.20. The van der Waals surface area contributed by atoms with Gasteiger partial charge in [0.2, 0.25) is 0 Å². The smallest absolute Gasteiger partial charge is 0.255 e. The molecule has 0 bridgehead atoms. The number of hydrogen-bond acceptors (Lipinski definition) is 2. The van der Waals surface area contributed by atoms with Crippen molar-refractivity contribution in [3.05, 3.63) is 36.0 Å². The number of aromatic nitrogens is 3. The number of rotatable bonds is 2. The molecule has 3 nitrogen and oxygen atoms in total. The van der Waals surface area contributed by atoms with Crippen LogP contribution in [0.5, 0.6) is 0 Å². The van der Waals surface area contributed by atoms with E-state index in [2.05, 4.69) is 10.3 Å². The summed E-state index contributed by atoms with van der Waals surface area (Å²) in [5.74, 6) is 0. The molecule has 0 radical (unpaired) electrons. The summed E-state index contributed by atoms with van der Waals surface area (Å²) in [4.78, 5) is 0. The van der Waals surface area contributed by atoms with Crippen LogP contribution in [0.2, 0.25) is 0 Å². The molecule has 0 saturated carbocycles. The number of nitrogens with zero attached hydrogens (tertiary/aromatic N) is 3. The molecule has 2 aromatic rings. The highest BCUT2D eigenvalue weighted by Crippen LogP contribution is 2.22. The van der Waals surface area contributed by atoms with E-state index in [0.717, 1.165) is 5.56 Å². The van der Waals surface area contributed by atoms with Gasteiger partial charge < -0.3 is 0 Å². The van der Waals surface area contributed by atoms with Gasteiger partial charge in [0.25, 0.3) is 6.43 Å². The Morgan fingerprint density at radius 3 is 2.33 bits per heavy atom. The van der Waals surface area contributed by atoms with Gasteiger partial charge >= 0.3 is 0 Å². The van der Waals surface area contributed by atoms with Crippen molar-refractivity contribution < 1.29 is 8.78 Å². The summed E-state index contributed by atoms with van der Waals surface area (Å²) < 4.78 is 26.1. The van der Waals surface area contributed by atoms with Crippen molar-refractivity contribution in [1.29, 1.82) is 0 Å². The molecule has 0 saturated heterocycles. The van der Waals surface area contributed by atoms with Gasteiger partial charge in [-0.3, -0.25) is 4.68 Å². The van der Waals surface area contributed by atoms with E-state index < -0.39 is 6.43 Å². The minimum Gasteiger partial charge on any atom is -0.255 e. The predicted octanol–water partition coefficient (Wildman–Crippen LogP) is 2.42. The molecule has 0 atom stereocenters. The molecule has 1 aromatic carbocycles. The second kappa shape index (κ2) is 3.76. The van der Waals surface area contributed by atoms with Crippen molar-refractivity contribution in [2.24, 2.45) is 7.05 Å². The Labute approximate surface area is 85.3 Å². The molecule has 0 aliphatic carbocycles. The van der Waals surface area contributed by atoms with Crippen molar-refractivity contribution in [1.82, 2.24) is 15.0 Å². The number of alkyl halides is 2. The largest absolute Gasteiger partial charge is 0.263 e. The molecule has 78 valence electrons. The molecule has 0 unspecified atom stereocenters. The van der Waals surface area contributed by atoms with Crippen molar-refractivity contribution in [2.75, 3.05) is 0 Å². The summed E-state index contributed by atoms with van der Waals surface area (Å²) in [6.07, 6.45) is -0.696. The van der Waals surface area contributed by atoms with Gasteiger partial charge in [-0.05, 0) is 0 Å². The van der Waals surface area contributed by atoms with Crippen LogP contribution in [-0.4, -0.2) is 15.0 Å². The lowest BCUT2D eigenvalue weighted by atomic mass is 10.1. The van der Waals surface area contributed by atoms with Gasteiger partial charge in [0, 0.05) is 18.2 Å². The van der Waals surface area contributed by atoms with Crippen molar-refractivity contribution >= 4 is 0 Å². The van der Waals surface area contributed by atoms with Crippen LogP contribution in [0.4, 0.5) is 8.78 Å². The normalized spacial score (nSPS) is 10.9. The summed E-state index contributed by atoms with van der Waals surface area (Å²) in [5.41, 5.74) is 1.48. The van der Waals surface area contributed by atoms with Crippen LogP contribution in [-0.2, 0) is 7.05 Å². The minimum atomic E-state index is -2.43. The predicted molar refractivity (Wildman–Crippen MR) is 51.4 cm³/mol. The van der Waals surface area contributed by atoms with E-state index in [1.54, 1.807) is 30.1 Å². The molecule has 5 heteroatoms. The number of halogens is 2. The number of benzene rings is 1. The van der Waals surface area contributed by atoms with Gasteiger partial charge in [0.05, 0.1) is 6.20 Å². The summed E-state index contributed by atoms with van der Waals surface area (Å²) in [6, 6.07) is 6.03. The first-order valence-corrected chi connectivity index (χ1v) is 4.41. The molecule has 1 aromatic heterocycles. The standard InChI is InChI=1S/C10H9F2N3/c1-15-6-9(13-14-15)7-2-4-8(5-3-7)10(11)12/h2-6,10H,1H3. The maximum atomic E-state index is 12.3. The maximum Gasteiger partial charge on any atom is 0.263 e. The SMILES string of the molecule is Cn1cc(-c2ccc(C(F)F)cc2)nn1. The summed E-state index contributed by atoms with van der Waals surface area (Å²) in [6.45, 7) is 0. The molecule has 2 rings (SSSR count). The van der Waals surface area contributed by atoms with E-state index in [9.17, 15) is 8.78 Å². The van der Waals surface area contributed by atoms with E-state index in [-0.39, 0.29) is 5.56 Å². The summed E-state index contributed by atoms with van der Waals surface area (Å²) >= 11 is 0. The summed E-state index contributed by atoms with van der Waals surface area (Å²) in [7, 11) is 1.75. The van der Waals surface area contributed by atoms with E-state index in [0.29, 0.717) is 5.69 Å². The zero-order valence-electron chi connectivity index (χ0n) is 8.06. The van der Waals surface area contributed by atoms with Crippen LogP contribution in [0, 0.1) is 0 Å². The Hall–Kier alpha value is -1.78. The second-order valence-corrected chi connectivity index (χ2v) is 3.20. The van der Waals surface area contributed by atoms with Crippen LogP contribution in [0.25, 0.3) is 11.3 Å². The number of hydrogen-bond donors (Lipinski definition) is 0. The lowest BCUT2D eigenvalue weighted by Crippen LogP contribution is -1.85. The molecular formula is C10H9F2N3. The third-order valence-corrected chi connectivity index (χ3v) is 2.06. The fourth-order valence-corrected chi connectivity index (χ4v) is 1.28. The Morgan fingerprint density at radius 2 is 1.87 bits per heavy atom. The fraction of sp³-hybridized carbons (Fsp3) is 0.200. The topological polar surface area (TPSA) is 30.7 Å².